The maximum absolute atomic E-state index is 12.6. The molecule has 0 N–H and O–H groups in total. The van der Waals surface area contributed by atoms with Crippen molar-refractivity contribution in [3.8, 4) is 0 Å². The summed E-state index contributed by atoms with van der Waals surface area (Å²) in [7, 11) is -1.66. The summed E-state index contributed by atoms with van der Waals surface area (Å²) in [4.78, 5) is 29.8. The molecule has 0 atom stereocenters. The molecule has 0 unspecified atom stereocenters. The molecule has 0 aromatic heterocycles. The van der Waals surface area contributed by atoms with Gasteiger partial charge in [-0.2, -0.15) is 4.31 Å². The molecule has 2 rings (SSSR count). The number of sulfonamides is 1. The number of benzene rings is 1. The fourth-order valence-electron chi connectivity index (χ4n) is 3.39. The first-order valence-electron chi connectivity index (χ1n) is 10.0. The Kier molecular flexibility index (Phi) is 8.60. The fourth-order valence-corrected chi connectivity index (χ4v) is 4.90. The first kappa shape index (κ1) is 23.3. The summed E-state index contributed by atoms with van der Waals surface area (Å²) >= 11 is 0. The van der Waals surface area contributed by atoms with E-state index < -0.39 is 10.0 Å². The van der Waals surface area contributed by atoms with Crippen LogP contribution in [0.5, 0.6) is 0 Å². The van der Waals surface area contributed by atoms with Crippen molar-refractivity contribution < 1.29 is 18.0 Å². The van der Waals surface area contributed by atoms with Gasteiger partial charge in [-0.05, 0) is 26.5 Å². The van der Waals surface area contributed by atoms with E-state index in [-0.39, 0.29) is 30.7 Å². The average molecular weight is 425 g/mol. The molecule has 1 heterocycles. The van der Waals surface area contributed by atoms with E-state index in [1.807, 2.05) is 32.0 Å². The van der Waals surface area contributed by atoms with Crippen molar-refractivity contribution in [2.24, 2.45) is 0 Å². The Bertz CT molecular complexity index is 773. The number of carbonyl (C=O) groups is 2. The zero-order chi connectivity index (χ0) is 21.4. The van der Waals surface area contributed by atoms with Gasteiger partial charge in [-0.15, -0.1) is 0 Å². The van der Waals surface area contributed by atoms with Crippen LogP contribution in [-0.2, 0) is 25.4 Å². The molecule has 0 bridgehead atoms. The van der Waals surface area contributed by atoms with Crippen molar-refractivity contribution in [3.05, 3.63) is 35.9 Å². The van der Waals surface area contributed by atoms with Crippen LogP contribution in [0.15, 0.2) is 30.3 Å². The average Bonchev–Trinajstić information content (AvgIpc) is 2.69. The molecule has 0 spiro atoms. The van der Waals surface area contributed by atoms with Crippen LogP contribution in [0.3, 0.4) is 0 Å². The molecule has 0 saturated carbocycles. The summed E-state index contributed by atoms with van der Waals surface area (Å²) in [6.45, 7) is 6.81. The van der Waals surface area contributed by atoms with Gasteiger partial charge in [0.1, 0.15) is 0 Å². The number of hydrogen-bond acceptors (Lipinski definition) is 5. The van der Waals surface area contributed by atoms with E-state index in [9.17, 15) is 18.0 Å². The Morgan fingerprint density at radius 2 is 1.55 bits per heavy atom. The van der Waals surface area contributed by atoms with Crippen LogP contribution in [0, 0.1) is 0 Å². The summed E-state index contributed by atoms with van der Waals surface area (Å²) in [5, 5.41) is 0. The number of carbonyl (C=O) groups excluding carboxylic acids is 2. The molecule has 1 aliphatic heterocycles. The summed E-state index contributed by atoms with van der Waals surface area (Å²) in [5.74, 6) is -0.111. The molecule has 162 valence electrons. The highest BCUT2D eigenvalue weighted by molar-refractivity contribution is 7.88. The molecule has 1 aromatic rings. The third kappa shape index (κ3) is 6.80. The highest BCUT2D eigenvalue weighted by Gasteiger charge is 2.29. The Balaban J connectivity index is 1.82. The molecule has 8 nitrogen and oxygen atoms in total. The van der Waals surface area contributed by atoms with E-state index in [1.165, 1.54) is 4.31 Å². The summed E-state index contributed by atoms with van der Waals surface area (Å²) in [6.07, 6.45) is 0. The van der Waals surface area contributed by atoms with E-state index in [4.69, 9.17) is 0 Å². The number of nitrogens with zero attached hydrogens (tertiary/aromatic N) is 4. The second kappa shape index (κ2) is 10.7. The third-order valence-electron chi connectivity index (χ3n) is 5.10. The van der Waals surface area contributed by atoms with Crippen LogP contribution >= 0.6 is 0 Å². The monoisotopic (exact) mass is 424 g/mol. The second-order valence-electron chi connectivity index (χ2n) is 7.26. The topological polar surface area (TPSA) is 81.2 Å². The normalized spacial score (nSPS) is 15.5. The Morgan fingerprint density at radius 1 is 0.966 bits per heavy atom. The SMILES string of the molecule is CCN(CC)C(=O)CN(C)CC(=O)N1CCN(S(=O)(=O)Cc2ccccc2)CC1. The van der Waals surface area contributed by atoms with E-state index in [0.29, 0.717) is 39.3 Å². The van der Waals surface area contributed by atoms with Crippen LogP contribution in [-0.4, -0.2) is 98.6 Å². The Hall–Kier alpha value is -1.97. The molecule has 9 heteroatoms. The molecule has 0 radical (unpaired) electrons. The summed E-state index contributed by atoms with van der Waals surface area (Å²) in [5.41, 5.74) is 0.755. The van der Waals surface area contributed by atoms with Gasteiger partial charge in [0.05, 0.1) is 18.8 Å². The van der Waals surface area contributed by atoms with E-state index in [2.05, 4.69) is 0 Å². The maximum Gasteiger partial charge on any atom is 0.236 e. The summed E-state index contributed by atoms with van der Waals surface area (Å²) in [6, 6.07) is 9.10. The molecule has 2 amide bonds. The zero-order valence-electron chi connectivity index (χ0n) is 17.6. The second-order valence-corrected chi connectivity index (χ2v) is 9.23. The zero-order valence-corrected chi connectivity index (χ0v) is 18.4. The van der Waals surface area contributed by atoms with Gasteiger partial charge in [-0.25, -0.2) is 8.42 Å². The number of amides is 2. The lowest BCUT2D eigenvalue weighted by atomic mass is 10.2. The van der Waals surface area contributed by atoms with E-state index in [1.54, 1.807) is 33.9 Å². The number of rotatable bonds is 9. The first-order valence-corrected chi connectivity index (χ1v) is 11.6. The molecule has 1 saturated heterocycles. The van der Waals surface area contributed by atoms with Gasteiger partial charge in [0.2, 0.25) is 21.8 Å². The standard InChI is InChI=1S/C20H32N4O4S/c1-4-22(5-2)19(25)15-21(3)16-20(26)23-11-13-24(14-12-23)29(27,28)17-18-9-7-6-8-10-18/h6-10H,4-5,11-17H2,1-3H3. The molecule has 1 aliphatic rings. The van der Waals surface area contributed by atoms with Crippen molar-refractivity contribution in [1.82, 2.24) is 19.0 Å². The molecule has 29 heavy (non-hydrogen) atoms. The fraction of sp³-hybridized carbons (Fsp3) is 0.600. The molecular formula is C20H32N4O4S. The first-order chi connectivity index (χ1) is 13.8. The minimum atomic E-state index is -3.41. The molecule has 1 aromatic carbocycles. The third-order valence-corrected chi connectivity index (χ3v) is 6.95. The molecule has 1 fully saturated rings. The van der Waals surface area contributed by atoms with Crippen LogP contribution in [0.1, 0.15) is 19.4 Å². The van der Waals surface area contributed by atoms with Gasteiger partial charge in [-0.3, -0.25) is 14.5 Å². The van der Waals surface area contributed by atoms with Gasteiger partial charge < -0.3 is 9.80 Å². The Morgan fingerprint density at radius 3 is 2.10 bits per heavy atom. The smallest absolute Gasteiger partial charge is 0.236 e. The van der Waals surface area contributed by atoms with E-state index >= 15 is 0 Å². The summed E-state index contributed by atoms with van der Waals surface area (Å²) < 4.78 is 26.7. The predicted octanol–water partition coefficient (Wildman–Crippen LogP) is 0.461. The predicted molar refractivity (Wildman–Crippen MR) is 113 cm³/mol. The van der Waals surface area contributed by atoms with Crippen LogP contribution < -0.4 is 0 Å². The largest absolute Gasteiger partial charge is 0.342 e. The van der Waals surface area contributed by atoms with Crippen molar-refractivity contribution in [2.45, 2.75) is 19.6 Å². The number of hydrogen-bond donors (Lipinski definition) is 0. The molecular weight excluding hydrogens is 392 g/mol. The van der Waals surface area contributed by atoms with Crippen LogP contribution in [0.2, 0.25) is 0 Å². The minimum Gasteiger partial charge on any atom is -0.342 e. The van der Waals surface area contributed by atoms with Crippen LogP contribution in [0.25, 0.3) is 0 Å². The maximum atomic E-state index is 12.6. The van der Waals surface area contributed by atoms with Crippen molar-refractivity contribution >= 4 is 21.8 Å². The highest BCUT2D eigenvalue weighted by atomic mass is 32.2. The lowest BCUT2D eigenvalue weighted by Gasteiger charge is -2.35. The van der Waals surface area contributed by atoms with Gasteiger partial charge in [0.25, 0.3) is 0 Å². The van der Waals surface area contributed by atoms with Crippen molar-refractivity contribution in [2.75, 3.05) is 59.4 Å². The lowest BCUT2D eigenvalue weighted by Crippen LogP contribution is -2.53. The quantitative estimate of drug-likeness (QED) is 0.575. The number of piperazine rings is 1. The highest BCUT2D eigenvalue weighted by Crippen LogP contribution is 2.14. The van der Waals surface area contributed by atoms with Gasteiger partial charge in [0, 0.05) is 39.3 Å². The van der Waals surface area contributed by atoms with Crippen molar-refractivity contribution in [3.63, 3.8) is 0 Å². The van der Waals surface area contributed by atoms with Crippen molar-refractivity contribution in [1.29, 1.82) is 0 Å². The van der Waals surface area contributed by atoms with E-state index in [0.717, 1.165) is 5.56 Å². The number of likely N-dealkylation sites (N-methyl/N-ethyl adjacent to an activating group) is 2. The van der Waals surface area contributed by atoms with Gasteiger partial charge in [-0.1, -0.05) is 30.3 Å². The Labute approximate surface area is 174 Å². The van der Waals surface area contributed by atoms with Gasteiger partial charge in [0.15, 0.2) is 0 Å². The lowest BCUT2D eigenvalue weighted by molar-refractivity contribution is -0.135. The molecule has 0 aliphatic carbocycles. The minimum absolute atomic E-state index is 0.00197. The van der Waals surface area contributed by atoms with Crippen LogP contribution in [0.4, 0.5) is 0 Å². The van der Waals surface area contributed by atoms with Gasteiger partial charge >= 0.3 is 0 Å².